The minimum atomic E-state index is -1.29. The number of nitrogens with one attached hydrogen (secondary N) is 2. The van der Waals surface area contributed by atoms with Crippen molar-refractivity contribution in [2.45, 2.75) is 51.4 Å². The zero-order chi connectivity index (χ0) is 29.1. The number of ether oxygens (including phenoxy) is 1. The van der Waals surface area contributed by atoms with Crippen LogP contribution in [-0.4, -0.2) is 57.8 Å². The molecule has 0 aromatic heterocycles. The number of para-hydroxylation sites is 1. The first kappa shape index (κ1) is 30.2. The van der Waals surface area contributed by atoms with Crippen LogP contribution in [0.15, 0.2) is 84.9 Å². The van der Waals surface area contributed by atoms with E-state index in [1.165, 1.54) is 11.0 Å². The van der Waals surface area contributed by atoms with Gasteiger partial charge in [0.2, 0.25) is 11.8 Å². The third-order valence-electron chi connectivity index (χ3n) is 6.00. The van der Waals surface area contributed by atoms with Gasteiger partial charge in [-0.05, 0) is 38.0 Å². The van der Waals surface area contributed by atoms with E-state index in [-0.39, 0.29) is 30.8 Å². The summed E-state index contributed by atoms with van der Waals surface area (Å²) in [7, 11) is 0. The fraction of sp³-hybridized carbons (Fsp3) is 0.323. The van der Waals surface area contributed by atoms with Crippen LogP contribution in [0.3, 0.4) is 0 Å². The maximum absolute atomic E-state index is 14.1. The molecule has 0 spiro atoms. The Labute approximate surface area is 234 Å². The van der Waals surface area contributed by atoms with E-state index in [9.17, 15) is 24.6 Å². The topological polar surface area (TPSA) is 128 Å². The summed E-state index contributed by atoms with van der Waals surface area (Å²) in [6.07, 6.45) is -0.682. The number of aromatic hydroxyl groups is 1. The lowest BCUT2D eigenvalue weighted by Gasteiger charge is -2.34. The SMILES string of the molecule is CC(C)(C)OC(=O)NC(Cc1ccccc1)C(=O)N(CCO)C(C(=O)NCc1ccccc1)c1ccccc1O. The summed E-state index contributed by atoms with van der Waals surface area (Å²) in [5.74, 6) is -1.35. The van der Waals surface area contributed by atoms with E-state index in [2.05, 4.69) is 10.6 Å². The lowest BCUT2D eigenvalue weighted by molar-refractivity contribution is -0.143. The van der Waals surface area contributed by atoms with E-state index >= 15 is 0 Å². The summed E-state index contributed by atoms with van der Waals surface area (Å²) in [4.78, 5) is 41.7. The Morgan fingerprint density at radius 2 is 1.45 bits per heavy atom. The van der Waals surface area contributed by atoms with Crippen LogP contribution in [0.1, 0.15) is 43.5 Å². The molecule has 212 valence electrons. The minimum Gasteiger partial charge on any atom is -0.508 e. The highest BCUT2D eigenvalue weighted by Crippen LogP contribution is 2.30. The second-order valence-electron chi connectivity index (χ2n) is 10.3. The molecule has 3 rings (SSSR count). The molecular formula is C31H37N3O6. The number of alkyl carbamates (subject to hydrolysis) is 1. The molecule has 0 bridgehead atoms. The summed E-state index contributed by atoms with van der Waals surface area (Å²) in [5, 5.41) is 26.1. The summed E-state index contributed by atoms with van der Waals surface area (Å²) in [6, 6.07) is 22.2. The number of phenols is 1. The number of nitrogens with zero attached hydrogens (tertiary/aromatic N) is 1. The number of phenolic OH excluding ortho intramolecular Hbond substituents is 1. The van der Waals surface area contributed by atoms with E-state index in [1.807, 2.05) is 60.7 Å². The van der Waals surface area contributed by atoms with Gasteiger partial charge in [-0.1, -0.05) is 78.9 Å². The molecule has 0 aliphatic heterocycles. The van der Waals surface area contributed by atoms with Crippen molar-refractivity contribution in [2.24, 2.45) is 0 Å². The van der Waals surface area contributed by atoms with E-state index in [1.54, 1.807) is 39.0 Å². The Morgan fingerprint density at radius 1 is 0.875 bits per heavy atom. The second kappa shape index (κ2) is 14.1. The number of hydrogen-bond acceptors (Lipinski definition) is 6. The van der Waals surface area contributed by atoms with Crippen molar-refractivity contribution in [3.8, 4) is 5.75 Å². The molecule has 4 N–H and O–H groups in total. The summed E-state index contributed by atoms with van der Waals surface area (Å²) < 4.78 is 5.41. The number of aliphatic hydroxyl groups is 1. The quantitative estimate of drug-likeness (QED) is 0.290. The molecule has 0 fully saturated rings. The van der Waals surface area contributed by atoms with Gasteiger partial charge in [0.15, 0.2) is 0 Å². The average molecular weight is 548 g/mol. The van der Waals surface area contributed by atoms with Gasteiger partial charge in [0, 0.05) is 25.1 Å². The van der Waals surface area contributed by atoms with Crippen molar-refractivity contribution in [1.29, 1.82) is 0 Å². The normalized spacial score (nSPS) is 12.6. The molecule has 2 unspecified atom stereocenters. The fourth-order valence-corrected chi connectivity index (χ4v) is 4.23. The highest BCUT2D eigenvalue weighted by molar-refractivity contribution is 5.92. The van der Waals surface area contributed by atoms with Crippen LogP contribution < -0.4 is 10.6 Å². The van der Waals surface area contributed by atoms with Crippen molar-refractivity contribution in [1.82, 2.24) is 15.5 Å². The minimum absolute atomic E-state index is 0.111. The predicted octanol–water partition coefficient (Wildman–Crippen LogP) is 3.71. The van der Waals surface area contributed by atoms with Crippen LogP contribution in [0.5, 0.6) is 5.75 Å². The number of benzene rings is 3. The van der Waals surface area contributed by atoms with Crippen molar-refractivity contribution in [2.75, 3.05) is 13.2 Å². The van der Waals surface area contributed by atoms with E-state index in [0.717, 1.165) is 11.1 Å². The Balaban J connectivity index is 1.98. The van der Waals surface area contributed by atoms with Crippen molar-refractivity contribution >= 4 is 17.9 Å². The first-order chi connectivity index (χ1) is 19.1. The Bertz CT molecular complexity index is 1260. The second-order valence-corrected chi connectivity index (χ2v) is 10.3. The van der Waals surface area contributed by atoms with Gasteiger partial charge in [0.05, 0.1) is 6.61 Å². The van der Waals surface area contributed by atoms with Crippen LogP contribution in [0.25, 0.3) is 0 Å². The van der Waals surface area contributed by atoms with E-state index in [0.29, 0.717) is 0 Å². The molecule has 40 heavy (non-hydrogen) atoms. The van der Waals surface area contributed by atoms with Gasteiger partial charge < -0.3 is 30.5 Å². The van der Waals surface area contributed by atoms with Crippen molar-refractivity contribution < 1.29 is 29.3 Å². The highest BCUT2D eigenvalue weighted by atomic mass is 16.6. The maximum Gasteiger partial charge on any atom is 0.408 e. The fourth-order valence-electron chi connectivity index (χ4n) is 4.23. The molecule has 0 saturated carbocycles. The molecule has 3 amide bonds. The number of hydrogen-bond donors (Lipinski definition) is 4. The Kier molecular flexibility index (Phi) is 10.7. The smallest absolute Gasteiger partial charge is 0.408 e. The number of rotatable bonds is 11. The van der Waals surface area contributed by atoms with Crippen LogP contribution in [0.2, 0.25) is 0 Å². The highest BCUT2D eigenvalue weighted by Gasteiger charge is 2.37. The largest absolute Gasteiger partial charge is 0.508 e. The number of amides is 3. The predicted molar refractivity (Wildman–Crippen MR) is 151 cm³/mol. The van der Waals surface area contributed by atoms with Crippen molar-refractivity contribution in [3.63, 3.8) is 0 Å². The van der Waals surface area contributed by atoms with Crippen LogP contribution in [0, 0.1) is 0 Å². The molecule has 9 nitrogen and oxygen atoms in total. The zero-order valence-corrected chi connectivity index (χ0v) is 23.0. The van der Waals surface area contributed by atoms with Gasteiger partial charge in [-0.15, -0.1) is 0 Å². The van der Waals surface area contributed by atoms with Crippen molar-refractivity contribution in [3.05, 3.63) is 102 Å². The molecule has 9 heteroatoms. The molecule has 0 radical (unpaired) electrons. The Hall–Kier alpha value is -4.37. The first-order valence-corrected chi connectivity index (χ1v) is 13.1. The lowest BCUT2D eigenvalue weighted by atomic mass is 9.99. The summed E-state index contributed by atoms with van der Waals surface area (Å²) in [6.45, 7) is 4.65. The molecule has 3 aromatic carbocycles. The monoisotopic (exact) mass is 547 g/mol. The van der Waals surface area contributed by atoms with Gasteiger partial charge >= 0.3 is 6.09 Å². The molecule has 0 heterocycles. The Morgan fingerprint density at radius 3 is 2.02 bits per heavy atom. The number of aliphatic hydroxyl groups excluding tert-OH is 1. The first-order valence-electron chi connectivity index (χ1n) is 13.1. The number of carbonyl (C=O) groups is 3. The van der Waals surface area contributed by atoms with Gasteiger partial charge in [-0.3, -0.25) is 9.59 Å². The molecule has 0 saturated heterocycles. The lowest BCUT2D eigenvalue weighted by Crippen LogP contribution is -2.54. The van der Waals surface area contributed by atoms with E-state index in [4.69, 9.17) is 4.74 Å². The third kappa shape index (κ3) is 8.84. The maximum atomic E-state index is 14.1. The summed E-state index contributed by atoms with van der Waals surface area (Å²) >= 11 is 0. The molecule has 0 aliphatic rings. The van der Waals surface area contributed by atoms with Gasteiger partial charge in [0.25, 0.3) is 0 Å². The van der Waals surface area contributed by atoms with Gasteiger partial charge in [-0.2, -0.15) is 0 Å². The molecule has 3 aromatic rings. The zero-order valence-electron chi connectivity index (χ0n) is 23.0. The summed E-state index contributed by atoms with van der Waals surface area (Å²) in [5.41, 5.74) is 1.00. The molecule has 2 atom stereocenters. The number of carbonyl (C=O) groups excluding carboxylic acids is 3. The third-order valence-corrected chi connectivity index (χ3v) is 6.00. The van der Waals surface area contributed by atoms with Crippen LogP contribution >= 0.6 is 0 Å². The molecular weight excluding hydrogens is 510 g/mol. The molecule has 0 aliphatic carbocycles. The van der Waals surface area contributed by atoms with E-state index < -0.39 is 42.2 Å². The standard InChI is InChI=1S/C31H37N3O6/c1-31(2,3)40-30(39)33-25(20-22-12-6-4-7-13-22)29(38)34(18-19-35)27(24-16-10-11-17-26(24)36)28(37)32-21-23-14-8-5-9-15-23/h4-17,25,27,35-36H,18-21H2,1-3H3,(H,32,37)(H,33,39). The van der Waals surface area contributed by atoms with Crippen LogP contribution in [0.4, 0.5) is 4.79 Å². The average Bonchev–Trinajstić information content (AvgIpc) is 2.92. The van der Waals surface area contributed by atoms with Gasteiger partial charge in [0.1, 0.15) is 23.4 Å². The van der Waals surface area contributed by atoms with Gasteiger partial charge in [-0.25, -0.2) is 4.79 Å². The van der Waals surface area contributed by atoms with Crippen LogP contribution in [-0.2, 0) is 27.3 Å².